The molecular formula is C10H19N3. The zero-order valence-corrected chi connectivity index (χ0v) is 8.18. The van der Waals surface area contributed by atoms with E-state index in [0.717, 1.165) is 26.2 Å². The standard InChI is InChI=1S/C10H19N3/c1-3-11-4-2-10(1)9-13-7-5-12-6-8-13/h1,11-12H,2-9H2. The van der Waals surface area contributed by atoms with Crippen LogP contribution in [0.5, 0.6) is 0 Å². The third-order valence-corrected chi connectivity index (χ3v) is 2.79. The molecule has 74 valence electrons. The lowest BCUT2D eigenvalue weighted by molar-refractivity contribution is 0.256. The Morgan fingerprint density at radius 2 is 2.00 bits per heavy atom. The van der Waals surface area contributed by atoms with Crippen molar-refractivity contribution in [2.24, 2.45) is 0 Å². The van der Waals surface area contributed by atoms with E-state index in [1.807, 2.05) is 0 Å². The predicted octanol–water partition coefficient (Wildman–Crippen LogP) is -0.189. The molecule has 0 aromatic carbocycles. The third-order valence-electron chi connectivity index (χ3n) is 2.79. The molecule has 13 heavy (non-hydrogen) atoms. The summed E-state index contributed by atoms with van der Waals surface area (Å²) in [6.07, 6.45) is 3.59. The smallest absolute Gasteiger partial charge is 0.0194 e. The van der Waals surface area contributed by atoms with E-state index in [1.54, 1.807) is 5.57 Å². The van der Waals surface area contributed by atoms with Crippen molar-refractivity contribution < 1.29 is 0 Å². The third kappa shape index (κ3) is 2.79. The summed E-state index contributed by atoms with van der Waals surface area (Å²) in [5.74, 6) is 0. The summed E-state index contributed by atoms with van der Waals surface area (Å²) >= 11 is 0. The van der Waals surface area contributed by atoms with Crippen molar-refractivity contribution in [3.8, 4) is 0 Å². The van der Waals surface area contributed by atoms with Crippen LogP contribution in [0.15, 0.2) is 11.6 Å². The Balaban J connectivity index is 1.78. The molecule has 1 fully saturated rings. The second kappa shape index (κ2) is 4.74. The van der Waals surface area contributed by atoms with Crippen molar-refractivity contribution in [1.82, 2.24) is 15.5 Å². The number of nitrogens with one attached hydrogen (secondary N) is 2. The lowest BCUT2D eigenvalue weighted by Gasteiger charge is -2.29. The van der Waals surface area contributed by atoms with Gasteiger partial charge in [0.15, 0.2) is 0 Å². The number of rotatable bonds is 2. The van der Waals surface area contributed by atoms with Crippen LogP contribution in [0.2, 0.25) is 0 Å². The van der Waals surface area contributed by atoms with Crippen LogP contribution < -0.4 is 10.6 Å². The van der Waals surface area contributed by atoms with Crippen LogP contribution in [0.25, 0.3) is 0 Å². The molecule has 0 aliphatic carbocycles. The van der Waals surface area contributed by atoms with Crippen LogP contribution >= 0.6 is 0 Å². The molecule has 2 aliphatic rings. The van der Waals surface area contributed by atoms with E-state index in [4.69, 9.17) is 0 Å². The SMILES string of the molecule is C1=C(CN2CCNCC2)CCNC1. The van der Waals surface area contributed by atoms with Gasteiger partial charge in [-0.05, 0) is 13.0 Å². The van der Waals surface area contributed by atoms with Gasteiger partial charge < -0.3 is 10.6 Å². The molecule has 0 unspecified atom stereocenters. The minimum absolute atomic E-state index is 1.07. The van der Waals surface area contributed by atoms with Gasteiger partial charge in [0.1, 0.15) is 0 Å². The van der Waals surface area contributed by atoms with Crippen molar-refractivity contribution in [2.45, 2.75) is 6.42 Å². The molecule has 0 aromatic heterocycles. The number of nitrogens with zero attached hydrogens (tertiary/aromatic N) is 1. The van der Waals surface area contributed by atoms with E-state index in [-0.39, 0.29) is 0 Å². The van der Waals surface area contributed by atoms with Gasteiger partial charge >= 0.3 is 0 Å². The molecule has 0 aromatic rings. The topological polar surface area (TPSA) is 27.3 Å². The highest BCUT2D eigenvalue weighted by Crippen LogP contribution is 2.07. The Kier molecular flexibility index (Phi) is 3.35. The second-order valence-corrected chi connectivity index (χ2v) is 3.84. The maximum absolute atomic E-state index is 3.38. The molecule has 0 amide bonds. The first-order valence-corrected chi connectivity index (χ1v) is 5.27. The van der Waals surface area contributed by atoms with Crippen molar-refractivity contribution in [2.75, 3.05) is 45.8 Å². The number of hydrogen-bond donors (Lipinski definition) is 2. The molecule has 0 radical (unpaired) electrons. The Morgan fingerprint density at radius 1 is 1.15 bits per heavy atom. The molecule has 2 heterocycles. The summed E-state index contributed by atoms with van der Waals surface area (Å²) in [7, 11) is 0. The van der Waals surface area contributed by atoms with Crippen molar-refractivity contribution in [1.29, 1.82) is 0 Å². The first-order chi connectivity index (χ1) is 6.45. The largest absolute Gasteiger partial charge is 0.314 e. The summed E-state index contributed by atoms with van der Waals surface area (Å²) in [5, 5.41) is 6.72. The Labute approximate surface area is 80.2 Å². The monoisotopic (exact) mass is 181 g/mol. The first-order valence-electron chi connectivity index (χ1n) is 5.27. The van der Waals surface area contributed by atoms with Crippen LogP contribution in [0, 0.1) is 0 Å². The van der Waals surface area contributed by atoms with Gasteiger partial charge in [-0.15, -0.1) is 0 Å². The Bertz CT molecular complexity index is 183. The van der Waals surface area contributed by atoms with Gasteiger partial charge in [-0.25, -0.2) is 0 Å². The normalized spacial score (nSPS) is 25.7. The molecule has 2 rings (SSSR count). The summed E-state index contributed by atoms with van der Waals surface area (Å²) in [5.41, 5.74) is 1.63. The maximum atomic E-state index is 3.38. The van der Waals surface area contributed by atoms with E-state index >= 15 is 0 Å². The first kappa shape index (κ1) is 9.19. The van der Waals surface area contributed by atoms with Crippen LogP contribution in [0.4, 0.5) is 0 Å². The lowest BCUT2D eigenvalue weighted by Crippen LogP contribution is -2.44. The van der Waals surface area contributed by atoms with Gasteiger partial charge in [0, 0.05) is 39.3 Å². The zero-order valence-electron chi connectivity index (χ0n) is 8.18. The molecule has 1 saturated heterocycles. The summed E-state index contributed by atoms with van der Waals surface area (Å²) in [6, 6.07) is 0. The fourth-order valence-corrected chi connectivity index (χ4v) is 1.97. The highest BCUT2D eigenvalue weighted by Gasteiger charge is 2.11. The van der Waals surface area contributed by atoms with Gasteiger partial charge in [-0.1, -0.05) is 11.6 Å². The summed E-state index contributed by atoms with van der Waals surface area (Å²) in [6.45, 7) is 8.18. The predicted molar refractivity (Wildman–Crippen MR) is 54.9 cm³/mol. The second-order valence-electron chi connectivity index (χ2n) is 3.84. The van der Waals surface area contributed by atoms with Crippen molar-refractivity contribution >= 4 is 0 Å². The minimum Gasteiger partial charge on any atom is -0.314 e. The van der Waals surface area contributed by atoms with Gasteiger partial charge in [-0.3, -0.25) is 4.90 Å². The molecular weight excluding hydrogens is 162 g/mol. The Morgan fingerprint density at radius 3 is 2.69 bits per heavy atom. The maximum Gasteiger partial charge on any atom is 0.0194 e. The van der Waals surface area contributed by atoms with E-state index in [1.165, 1.54) is 26.1 Å². The molecule has 0 bridgehead atoms. The van der Waals surface area contributed by atoms with Gasteiger partial charge in [-0.2, -0.15) is 0 Å². The molecule has 2 aliphatic heterocycles. The minimum atomic E-state index is 1.07. The van der Waals surface area contributed by atoms with Crippen molar-refractivity contribution in [3.05, 3.63) is 11.6 Å². The molecule has 3 nitrogen and oxygen atoms in total. The molecule has 0 spiro atoms. The van der Waals surface area contributed by atoms with Crippen LogP contribution in [-0.4, -0.2) is 50.7 Å². The lowest BCUT2D eigenvalue weighted by atomic mass is 10.1. The van der Waals surface area contributed by atoms with E-state index in [0.29, 0.717) is 0 Å². The Hall–Kier alpha value is -0.380. The quantitative estimate of drug-likeness (QED) is 0.578. The van der Waals surface area contributed by atoms with E-state index in [2.05, 4.69) is 21.6 Å². The fraction of sp³-hybridized carbons (Fsp3) is 0.800. The van der Waals surface area contributed by atoms with Gasteiger partial charge in [0.2, 0.25) is 0 Å². The number of piperazine rings is 1. The zero-order chi connectivity index (χ0) is 8.93. The van der Waals surface area contributed by atoms with E-state index < -0.39 is 0 Å². The van der Waals surface area contributed by atoms with E-state index in [9.17, 15) is 0 Å². The summed E-state index contributed by atoms with van der Waals surface area (Å²) in [4.78, 5) is 2.55. The highest BCUT2D eigenvalue weighted by atomic mass is 15.2. The van der Waals surface area contributed by atoms with Gasteiger partial charge in [0.05, 0.1) is 0 Å². The molecule has 0 atom stereocenters. The summed E-state index contributed by atoms with van der Waals surface area (Å²) < 4.78 is 0. The van der Waals surface area contributed by atoms with Crippen LogP contribution in [0.3, 0.4) is 0 Å². The van der Waals surface area contributed by atoms with Crippen molar-refractivity contribution in [3.63, 3.8) is 0 Å². The average Bonchev–Trinajstić information content (AvgIpc) is 2.21. The molecule has 0 saturated carbocycles. The van der Waals surface area contributed by atoms with Gasteiger partial charge in [0.25, 0.3) is 0 Å². The fourth-order valence-electron chi connectivity index (χ4n) is 1.97. The van der Waals surface area contributed by atoms with Crippen LogP contribution in [-0.2, 0) is 0 Å². The molecule has 2 N–H and O–H groups in total. The number of hydrogen-bond acceptors (Lipinski definition) is 3. The highest BCUT2D eigenvalue weighted by molar-refractivity contribution is 5.09. The average molecular weight is 181 g/mol. The van der Waals surface area contributed by atoms with Crippen LogP contribution in [0.1, 0.15) is 6.42 Å². The molecule has 3 heteroatoms.